The first-order chi connectivity index (χ1) is 16.9. The zero-order chi connectivity index (χ0) is 24.8. The van der Waals surface area contributed by atoms with Crippen molar-refractivity contribution >= 4 is 46.9 Å². The lowest BCUT2D eigenvalue weighted by Gasteiger charge is -2.36. The molecule has 0 unspecified atom stereocenters. The van der Waals surface area contributed by atoms with Crippen molar-refractivity contribution in [3.05, 3.63) is 93.7 Å². The van der Waals surface area contributed by atoms with E-state index in [1.165, 1.54) is 24.2 Å². The number of piperazine rings is 1. The van der Waals surface area contributed by atoms with Gasteiger partial charge in [0.15, 0.2) is 0 Å². The summed E-state index contributed by atoms with van der Waals surface area (Å²) in [6.45, 7) is 4.45. The average molecular weight is 510 g/mol. The van der Waals surface area contributed by atoms with Gasteiger partial charge < -0.3 is 9.80 Å². The molecule has 1 aromatic heterocycles. The van der Waals surface area contributed by atoms with E-state index in [9.17, 15) is 9.59 Å². The number of amides is 2. The first-order valence-corrected chi connectivity index (χ1v) is 12.0. The number of halogens is 2. The maximum absolute atomic E-state index is 13.1. The Balaban J connectivity index is 1.47. The largest absolute Gasteiger partial charge is 0.368 e. The molecule has 180 valence electrons. The number of rotatable bonds is 6. The molecule has 0 atom stereocenters. The van der Waals surface area contributed by atoms with E-state index in [0.717, 1.165) is 23.8 Å². The van der Waals surface area contributed by atoms with E-state index in [2.05, 4.69) is 40.1 Å². The molecule has 0 bridgehead atoms. The van der Waals surface area contributed by atoms with E-state index < -0.39 is 5.91 Å². The minimum atomic E-state index is -0.402. The smallest absolute Gasteiger partial charge is 0.274 e. The molecule has 0 N–H and O–H groups in total. The maximum atomic E-state index is 13.1. The molecule has 0 radical (unpaired) electrons. The number of hydrogen-bond donors (Lipinski definition) is 0. The van der Waals surface area contributed by atoms with Crippen molar-refractivity contribution in [3.63, 3.8) is 0 Å². The second kappa shape index (κ2) is 11.3. The van der Waals surface area contributed by atoms with Crippen molar-refractivity contribution in [1.82, 2.24) is 14.9 Å². The highest BCUT2D eigenvalue weighted by Gasteiger charge is 2.25. The fraction of sp³-hybridized carbons (Fsp3) is 0.231. The van der Waals surface area contributed by atoms with Crippen LogP contribution in [-0.4, -0.2) is 65.6 Å². The van der Waals surface area contributed by atoms with Crippen LogP contribution in [0.2, 0.25) is 10.0 Å². The Morgan fingerprint density at radius 2 is 1.77 bits per heavy atom. The van der Waals surface area contributed by atoms with Crippen LogP contribution in [0, 0.1) is 6.92 Å². The SMILES string of the molecule is Cc1cccc(N2CCN(C(=O)CN(/N=C/c3ccc(Cl)cc3Cl)C(=O)c3ccncc3)CC2)c1. The Labute approximate surface area is 214 Å². The van der Waals surface area contributed by atoms with Gasteiger partial charge in [0.25, 0.3) is 5.91 Å². The van der Waals surface area contributed by atoms with E-state index in [1.807, 2.05) is 6.07 Å². The standard InChI is InChI=1S/C26H25Cl2N5O2/c1-19-3-2-4-23(15-19)31-11-13-32(14-12-31)25(34)18-33(26(35)20-7-9-29-10-8-20)30-17-21-5-6-22(27)16-24(21)28/h2-10,15-17H,11-14,18H2,1H3/b30-17+. The van der Waals surface area contributed by atoms with Gasteiger partial charge in [0.1, 0.15) is 6.54 Å². The number of aromatic nitrogens is 1. The number of nitrogens with zero attached hydrogens (tertiary/aromatic N) is 5. The van der Waals surface area contributed by atoms with Crippen LogP contribution >= 0.6 is 23.2 Å². The van der Waals surface area contributed by atoms with Crippen LogP contribution in [0.15, 0.2) is 72.1 Å². The van der Waals surface area contributed by atoms with Gasteiger partial charge in [-0.05, 0) is 48.9 Å². The zero-order valence-corrected chi connectivity index (χ0v) is 20.8. The topological polar surface area (TPSA) is 69.1 Å². The van der Waals surface area contributed by atoms with Gasteiger partial charge in [-0.25, -0.2) is 5.01 Å². The van der Waals surface area contributed by atoms with Crippen molar-refractivity contribution in [2.24, 2.45) is 5.10 Å². The van der Waals surface area contributed by atoms with Crippen LogP contribution in [0.25, 0.3) is 0 Å². The average Bonchev–Trinajstić information content (AvgIpc) is 2.87. The molecular formula is C26H25Cl2N5O2. The third-order valence-corrected chi connectivity index (χ3v) is 6.31. The zero-order valence-electron chi connectivity index (χ0n) is 19.3. The summed E-state index contributed by atoms with van der Waals surface area (Å²) in [5.41, 5.74) is 3.32. The van der Waals surface area contributed by atoms with Crippen LogP contribution in [-0.2, 0) is 4.79 Å². The van der Waals surface area contributed by atoms with Gasteiger partial charge in [0.2, 0.25) is 5.91 Å². The molecule has 0 saturated carbocycles. The Hall–Kier alpha value is -3.42. The van der Waals surface area contributed by atoms with Gasteiger partial charge in [-0.2, -0.15) is 5.10 Å². The van der Waals surface area contributed by atoms with E-state index in [1.54, 1.807) is 35.2 Å². The minimum Gasteiger partial charge on any atom is -0.368 e. The number of aryl methyl sites for hydroxylation is 1. The molecule has 1 aliphatic rings. The molecule has 1 saturated heterocycles. The predicted molar refractivity (Wildman–Crippen MR) is 139 cm³/mol. The van der Waals surface area contributed by atoms with Gasteiger partial charge in [0.05, 0.1) is 11.2 Å². The first kappa shape index (κ1) is 24.7. The molecule has 1 fully saturated rings. The lowest BCUT2D eigenvalue weighted by atomic mass is 10.2. The summed E-state index contributed by atoms with van der Waals surface area (Å²) in [5.74, 6) is -0.573. The van der Waals surface area contributed by atoms with Crippen LogP contribution < -0.4 is 4.90 Å². The second-order valence-electron chi connectivity index (χ2n) is 8.22. The number of hydrazone groups is 1. The number of carbonyl (C=O) groups is 2. The highest BCUT2D eigenvalue weighted by atomic mass is 35.5. The Morgan fingerprint density at radius 1 is 1.03 bits per heavy atom. The molecule has 3 aromatic rings. The maximum Gasteiger partial charge on any atom is 0.274 e. The normalized spacial score (nSPS) is 13.8. The molecule has 35 heavy (non-hydrogen) atoms. The Kier molecular flexibility index (Phi) is 8.00. The van der Waals surface area contributed by atoms with Gasteiger partial charge >= 0.3 is 0 Å². The predicted octanol–water partition coefficient (Wildman–Crippen LogP) is 4.52. The molecule has 2 aromatic carbocycles. The third kappa shape index (κ3) is 6.38. The Bertz CT molecular complexity index is 1230. The summed E-state index contributed by atoms with van der Waals surface area (Å²) in [7, 11) is 0. The summed E-state index contributed by atoms with van der Waals surface area (Å²) in [5, 5.41) is 6.38. The minimum absolute atomic E-state index is 0.171. The number of pyridine rings is 1. The lowest BCUT2D eigenvalue weighted by molar-refractivity contribution is -0.132. The van der Waals surface area contributed by atoms with Crippen LogP contribution in [0.5, 0.6) is 0 Å². The van der Waals surface area contributed by atoms with Crippen LogP contribution in [0.1, 0.15) is 21.5 Å². The molecule has 2 amide bonds. The molecule has 1 aliphatic heterocycles. The quantitative estimate of drug-likeness (QED) is 0.361. The van der Waals surface area contributed by atoms with Gasteiger partial charge in [-0.3, -0.25) is 14.6 Å². The highest BCUT2D eigenvalue weighted by molar-refractivity contribution is 6.36. The summed E-state index contributed by atoms with van der Waals surface area (Å²) >= 11 is 12.2. The van der Waals surface area contributed by atoms with Gasteiger partial charge in [-0.1, -0.05) is 41.4 Å². The first-order valence-electron chi connectivity index (χ1n) is 11.2. The van der Waals surface area contributed by atoms with Crippen molar-refractivity contribution in [2.45, 2.75) is 6.92 Å². The molecule has 7 nitrogen and oxygen atoms in total. The van der Waals surface area contributed by atoms with Crippen molar-refractivity contribution in [2.75, 3.05) is 37.6 Å². The number of benzene rings is 2. The van der Waals surface area contributed by atoms with Gasteiger partial charge in [-0.15, -0.1) is 0 Å². The summed E-state index contributed by atoms with van der Waals surface area (Å²) in [6, 6.07) is 16.5. The monoisotopic (exact) mass is 509 g/mol. The van der Waals surface area contributed by atoms with Crippen molar-refractivity contribution in [3.8, 4) is 0 Å². The number of hydrogen-bond acceptors (Lipinski definition) is 5. The summed E-state index contributed by atoms with van der Waals surface area (Å²) < 4.78 is 0. The summed E-state index contributed by atoms with van der Waals surface area (Å²) in [4.78, 5) is 34.3. The molecule has 0 spiro atoms. The highest BCUT2D eigenvalue weighted by Crippen LogP contribution is 2.20. The van der Waals surface area contributed by atoms with Crippen LogP contribution in [0.3, 0.4) is 0 Å². The van der Waals surface area contributed by atoms with E-state index in [4.69, 9.17) is 23.2 Å². The Morgan fingerprint density at radius 3 is 2.46 bits per heavy atom. The van der Waals surface area contributed by atoms with Crippen LogP contribution in [0.4, 0.5) is 5.69 Å². The van der Waals surface area contributed by atoms with E-state index in [0.29, 0.717) is 34.3 Å². The molecule has 0 aliphatic carbocycles. The fourth-order valence-corrected chi connectivity index (χ4v) is 4.27. The van der Waals surface area contributed by atoms with E-state index >= 15 is 0 Å². The molecule has 2 heterocycles. The number of carbonyl (C=O) groups excluding carboxylic acids is 2. The van der Waals surface area contributed by atoms with E-state index in [-0.39, 0.29) is 12.5 Å². The van der Waals surface area contributed by atoms with Crippen molar-refractivity contribution in [1.29, 1.82) is 0 Å². The summed E-state index contributed by atoms with van der Waals surface area (Å²) in [6.07, 6.45) is 4.51. The molecular weight excluding hydrogens is 485 g/mol. The lowest BCUT2D eigenvalue weighted by Crippen LogP contribution is -2.51. The second-order valence-corrected chi connectivity index (χ2v) is 9.06. The van der Waals surface area contributed by atoms with Gasteiger partial charge in [0, 0.05) is 60.4 Å². The molecule has 9 heteroatoms. The molecule has 4 rings (SSSR count). The number of anilines is 1. The third-order valence-electron chi connectivity index (χ3n) is 5.74. The van der Waals surface area contributed by atoms with Crippen molar-refractivity contribution < 1.29 is 9.59 Å². The fourth-order valence-electron chi connectivity index (χ4n) is 3.81.